The zero-order chi connectivity index (χ0) is 22.5. The van der Waals surface area contributed by atoms with Crippen molar-refractivity contribution in [1.29, 1.82) is 0 Å². The van der Waals surface area contributed by atoms with E-state index in [-0.39, 0.29) is 23.9 Å². The van der Waals surface area contributed by atoms with Crippen LogP contribution in [-0.2, 0) is 27.9 Å². The number of carbonyl (C=O) groups excluding carboxylic acids is 1. The first-order valence-electron chi connectivity index (χ1n) is 10.1. The third-order valence-electron chi connectivity index (χ3n) is 5.73. The summed E-state index contributed by atoms with van der Waals surface area (Å²) in [4.78, 5) is 14.9. The average molecular weight is 452 g/mol. The van der Waals surface area contributed by atoms with Gasteiger partial charge in [0, 0.05) is 23.7 Å². The second kappa shape index (κ2) is 7.57. The lowest BCUT2D eigenvalue weighted by Crippen LogP contribution is -2.36. The van der Waals surface area contributed by atoms with Crippen LogP contribution in [0.25, 0.3) is 10.9 Å². The van der Waals surface area contributed by atoms with Gasteiger partial charge in [-0.05, 0) is 30.7 Å². The summed E-state index contributed by atoms with van der Waals surface area (Å²) in [7, 11) is -3.88. The number of hydrogen-bond acceptors (Lipinski definition) is 6. The van der Waals surface area contributed by atoms with E-state index >= 15 is 0 Å². The fourth-order valence-electron chi connectivity index (χ4n) is 4.08. The summed E-state index contributed by atoms with van der Waals surface area (Å²) < 4.78 is 27.1. The van der Waals surface area contributed by atoms with Gasteiger partial charge in [0.15, 0.2) is 0 Å². The first kappa shape index (κ1) is 20.4. The van der Waals surface area contributed by atoms with Gasteiger partial charge < -0.3 is 10.0 Å². The molecule has 32 heavy (non-hydrogen) atoms. The number of rotatable bonds is 5. The van der Waals surface area contributed by atoms with Gasteiger partial charge in [-0.25, -0.2) is 0 Å². The Balaban J connectivity index is 1.39. The zero-order valence-corrected chi connectivity index (χ0v) is 18.0. The van der Waals surface area contributed by atoms with Crippen LogP contribution in [0.5, 0.6) is 0 Å². The molecule has 1 aliphatic heterocycles. The molecule has 0 unspecified atom stereocenters. The Hall–Kier alpha value is -3.50. The highest BCUT2D eigenvalue weighted by molar-refractivity contribution is 7.89. The molecule has 0 fully saturated rings. The number of hydrogen-bond donors (Lipinski definition) is 2. The molecule has 0 bridgehead atoms. The van der Waals surface area contributed by atoms with Crippen molar-refractivity contribution in [2.24, 2.45) is 0 Å². The Bertz CT molecular complexity index is 1390. The molecule has 0 radical (unpaired) electrons. The van der Waals surface area contributed by atoms with Crippen molar-refractivity contribution in [2.45, 2.75) is 36.9 Å². The van der Waals surface area contributed by atoms with Crippen LogP contribution in [0.2, 0.25) is 0 Å². The Labute approximate surface area is 184 Å². The first-order valence-corrected chi connectivity index (χ1v) is 11.6. The molecule has 4 aromatic rings. The highest BCUT2D eigenvalue weighted by Crippen LogP contribution is 2.29. The minimum absolute atomic E-state index is 0.0987. The highest BCUT2D eigenvalue weighted by Gasteiger charge is 2.35. The number of aromatic nitrogens is 4. The van der Waals surface area contributed by atoms with Crippen LogP contribution in [0.4, 0.5) is 0 Å². The molecule has 5 rings (SSSR count). The summed E-state index contributed by atoms with van der Waals surface area (Å²) >= 11 is 0. The normalized spacial score (nSPS) is 15.6. The molecular weight excluding hydrogens is 430 g/mol. The number of carbonyl (C=O) groups is 1. The van der Waals surface area contributed by atoms with E-state index in [1.165, 1.54) is 18.3 Å². The Morgan fingerprint density at radius 2 is 1.94 bits per heavy atom. The Morgan fingerprint density at radius 3 is 2.66 bits per heavy atom. The first-order chi connectivity index (χ1) is 15.3. The fraction of sp³-hybridized carbons (Fsp3) is 0.227. The van der Waals surface area contributed by atoms with Crippen molar-refractivity contribution < 1.29 is 18.3 Å². The van der Waals surface area contributed by atoms with Gasteiger partial charge in [-0.3, -0.25) is 9.89 Å². The van der Waals surface area contributed by atoms with Crippen molar-refractivity contribution in [2.75, 3.05) is 0 Å². The lowest BCUT2D eigenvalue weighted by molar-refractivity contribution is -0.135. The Kier molecular flexibility index (Phi) is 4.83. The largest absolute Gasteiger partial charge is 0.392 e. The van der Waals surface area contributed by atoms with Crippen LogP contribution in [0.15, 0.2) is 65.8 Å². The second-order valence-corrected chi connectivity index (χ2v) is 9.72. The van der Waals surface area contributed by atoms with Gasteiger partial charge in [0.05, 0.1) is 40.9 Å². The third-order valence-corrected chi connectivity index (χ3v) is 7.26. The van der Waals surface area contributed by atoms with Gasteiger partial charge in [-0.15, -0.1) is 0 Å². The van der Waals surface area contributed by atoms with Gasteiger partial charge in [-0.1, -0.05) is 30.3 Å². The predicted octanol–water partition coefficient (Wildman–Crippen LogP) is 2.00. The van der Waals surface area contributed by atoms with Crippen molar-refractivity contribution in [3.8, 4) is 0 Å². The van der Waals surface area contributed by atoms with Gasteiger partial charge in [0.25, 0.3) is 10.0 Å². The summed E-state index contributed by atoms with van der Waals surface area (Å²) in [5.41, 5.74) is 2.55. The molecule has 0 spiro atoms. The molecule has 2 N–H and O–H groups in total. The van der Waals surface area contributed by atoms with Crippen molar-refractivity contribution in [3.63, 3.8) is 0 Å². The van der Waals surface area contributed by atoms with E-state index in [2.05, 4.69) is 15.3 Å². The standard InChI is InChI=1S/C22H21N5O4S/c1-14(28)21(15-5-3-2-4-6-15)22(29)26-11-17-12-27(25-20(17)13-26)32(30,31)18-8-7-16-10-23-24-19(16)9-18/h2-10,12,14,21,28H,11,13H2,1H3,(H,23,24)/t14-,21+/m1/s1. The molecule has 2 aromatic carbocycles. The number of nitrogens with zero attached hydrogens (tertiary/aromatic N) is 4. The summed E-state index contributed by atoms with van der Waals surface area (Å²) in [6.45, 7) is 2.01. The summed E-state index contributed by atoms with van der Waals surface area (Å²) in [6, 6.07) is 13.9. The minimum Gasteiger partial charge on any atom is -0.392 e. The molecule has 10 heteroatoms. The van der Waals surface area contributed by atoms with E-state index in [4.69, 9.17) is 0 Å². The van der Waals surface area contributed by atoms with Gasteiger partial charge in [-0.2, -0.15) is 22.7 Å². The number of fused-ring (bicyclic) bond motifs is 2. The molecule has 164 valence electrons. The van der Waals surface area contributed by atoms with E-state index in [9.17, 15) is 18.3 Å². The smallest absolute Gasteiger partial charge is 0.283 e. The fourth-order valence-corrected chi connectivity index (χ4v) is 5.27. The van der Waals surface area contributed by atoms with Crippen LogP contribution in [0.3, 0.4) is 0 Å². The van der Waals surface area contributed by atoms with E-state index in [1.807, 2.05) is 30.3 Å². The molecule has 2 aromatic heterocycles. The number of aliphatic hydroxyl groups is 1. The third kappa shape index (κ3) is 3.37. The number of nitrogens with one attached hydrogen (secondary N) is 1. The minimum atomic E-state index is -3.88. The topological polar surface area (TPSA) is 121 Å². The lowest BCUT2D eigenvalue weighted by Gasteiger charge is -2.25. The lowest BCUT2D eigenvalue weighted by atomic mass is 9.93. The number of aromatic amines is 1. The molecule has 1 amide bonds. The molecule has 3 heterocycles. The zero-order valence-electron chi connectivity index (χ0n) is 17.2. The number of benzene rings is 2. The molecule has 0 saturated carbocycles. The summed E-state index contributed by atoms with van der Waals surface area (Å²) in [5, 5.41) is 22.0. The van der Waals surface area contributed by atoms with Crippen LogP contribution >= 0.6 is 0 Å². The maximum atomic E-state index is 13.2. The summed E-state index contributed by atoms with van der Waals surface area (Å²) in [6.07, 6.45) is 2.21. The van der Waals surface area contributed by atoms with Gasteiger partial charge in [0.2, 0.25) is 5.91 Å². The van der Waals surface area contributed by atoms with Crippen LogP contribution in [0, 0.1) is 0 Å². The predicted molar refractivity (Wildman–Crippen MR) is 116 cm³/mol. The number of amides is 1. The monoisotopic (exact) mass is 451 g/mol. The van der Waals surface area contributed by atoms with Crippen molar-refractivity contribution >= 4 is 26.8 Å². The average Bonchev–Trinajstić information content (AvgIpc) is 3.48. The van der Waals surface area contributed by atoms with Gasteiger partial charge >= 0.3 is 0 Å². The maximum absolute atomic E-state index is 13.2. The van der Waals surface area contributed by atoms with Crippen LogP contribution in [0.1, 0.15) is 29.7 Å². The maximum Gasteiger partial charge on any atom is 0.283 e. The SMILES string of the molecule is C[C@@H](O)[C@H](C(=O)N1Cc2cn(S(=O)(=O)c3ccc4cn[nH]c4c3)nc2C1)c1ccccc1. The number of H-pyrrole nitrogens is 1. The molecule has 0 saturated heterocycles. The molecule has 1 aliphatic rings. The van der Waals surface area contributed by atoms with E-state index < -0.39 is 22.0 Å². The molecule has 0 aliphatic carbocycles. The van der Waals surface area contributed by atoms with E-state index in [1.54, 1.807) is 24.1 Å². The highest BCUT2D eigenvalue weighted by atomic mass is 32.2. The van der Waals surface area contributed by atoms with Crippen molar-refractivity contribution in [3.05, 3.63) is 77.7 Å². The molecule has 2 atom stereocenters. The quantitative estimate of drug-likeness (QED) is 0.479. The second-order valence-electron chi connectivity index (χ2n) is 7.92. The summed E-state index contributed by atoms with van der Waals surface area (Å²) in [5.74, 6) is -0.916. The van der Waals surface area contributed by atoms with Crippen LogP contribution < -0.4 is 0 Å². The number of aliphatic hydroxyl groups excluding tert-OH is 1. The molecular formula is C22H21N5O4S. The van der Waals surface area contributed by atoms with E-state index in [0.29, 0.717) is 16.8 Å². The Morgan fingerprint density at radius 1 is 1.16 bits per heavy atom. The van der Waals surface area contributed by atoms with Crippen LogP contribution in [-0.4, -0.2) is 49.8 Å². The van der Waals surface area contributed by atoms with Crippen molar-refractivity contribution in [1.82, 2.24) is 24.3 Å². The molecule has 9 nitrogen and oxygen atoms in total. The van der Waals surface area contributed by atoms with E-state index in [0.717, 1.165) is 15.0 Å². The van der Waals surface area contributed by atoms with Gasteiger partial charge in [0.1, 0.15) is 0 Å².